The largest absolute Gasteiger partial charge is 0.355 e. The SMILES string of the molecule is NC1CCN(c2cc(-c3ccccc3)nc(-c3ccc(F)cc3)n2)C1. The van der Waals surface area contributed by atoms with E-state index in [-0.39, 0.29) is 11.9 Å². The summed E-state index contributed by atoms with van der Waals surface area (Å²) in [5.74, 6) is 1.19. The monoisotopic (exact) mass is 334 g/mol. The van der Waals surface area contributed by atoms with Gasteiger partial charge >= 0.3 is 0 Å². The van der Waals surface area contributed by atoms with Crippen LogP contribution in [0.4, 0.5) is 10.2 Å². The van der Waals surface area contributed by atoms with E-state index in [4.69, 9.17) is 15.7 Å². The van der Waals surface area contributed by atoms with Crippen LogP contribution in [-0.4, -0.2) is 29.1 Å². The van der Waals surface area contributed by atoms with Crippen LogP contribution in [0.25, 0.3) is 22.6 Å². The van der Waals surface area contributed by atoms with Crippen LogP contribution in [0, 0.1) is 5.82 Å². The first-order valence-electron chi connectivity index (χ1n) is 8.40. The molecule has 0 aliphatic carbocycles. The third kappa shape index (κ3) is 3.37. The lowest BCUT2D eigenvalue weighted by Gasteiger charge is -2.18. The van der Waals surface area contributed by atoms with Gasteiger partial charge in [-0.15, -0.1) is 0 Å². The number of nitrogens with two attached hydrogens (primary N) is 1. The third-order valence-corrected chi connectivity index (χ3v) is 4.43. The molecule has 2 N–H and O–H groups in total. The molecule has 1 aliphatic rings. The third-order valence-electron chi connectivity index (χ3n) is 4.43. The van der Waals surface area contributed by atoms with Gasteiger partial charge in [-0.25, -0.2) is 14.4 Å². The lowest BCUT2D eigenvalue weighted by Crippen LogP contribution is -2.27. The molecule has 4 rings (SSSR count). The fourth-order valence-electron chi connectivity index (χ4n) is 3.08. The minimum absolute atomic E-state index is 0.171. The van der Waals surface area contributed by atoms with Crippen molar-refractivity contribution in [3.05, 3.63) is 66.5 Å². The van der Waals surface area contributed by atoms with Crippen LogP contribution in [0.1, 0.15) is 6.42 Å². The number of aromatic nitrogens is 2. The minimum atomic E-state index is -0.270. The Morgan fingerprint density at radius 2 is 1.72 bits per heavy atom. The summed E-state index contributed by atoms with van der Waals surface area (Å²) in [5.41, 5.74) is 8.72. The van der Waals surface area contributed by atoms with Crippen LogP contribution in [0.2, 0.25) is 0 Å². The number of hydrogen-bond donors (Lipinski definition) is 1. The highest BCUT2D eigenvalue weighted by Crippen LogP contribution is 2.27. The lowest BCUT2D eigenvalue weighted by atomic mass is 10.1. The number of rotatable bonds is 3. The van der Waals surface area contributed by atoms with Gasteiger partial charge in [0.1, 0.15) is 11.6 Å². The van der Waals surface area contributed by atoms with Crippen molar-refractivity contribution in [3.63, 3.8) is 0 Å². The molecule has 0 bridgehead atoms. The molecule has 5 heteroatoms. The molecule has 2 aromatic carbocycles. The molecule has 1 atom stereocenters. The fourth-order valence-corrected chi connectivity index (χ4v) is 3.08. The number of benzene rings is 2. The van der Waals surface area contributed by atoms with Gasteiger partial charge < -0.3 is 10.6 Å². The van der Waals surface area contributed by atoms with E-state index in [1.165, 1.54) is 12.1 Å². The van der Waals surface area contributed by atoms with Crippen molar-refractivity contribution in [2.45, 2.75) is 12.5 Å². The van der Waals surface area contributed by atoms with Gasteiger partial charge in [-0.05, 0) is 30.7 Å². The molecule has 1 saturated heterocycles. The molecule has 1 aliphatic heterocycles. The highest BCUT2D eigenvalue weighted by atomic mass is 19.1. The molecule has 0 saturated carbocycles. The van der Waals surface area contributed by atoms with E-state index in [0.717, 1.165) is 42.1 Å². The molecule has 1 aromatic heterocycles. The first-order chi connectivity index (χ1) is 12.2. The van der Waals surface area contributed by atoms with Crippen molar-refractivity contribution in [1.29, 1.82) is 0 Å². The first-order valence-corrected chi connectivity index (χ1v) is 8.40. The fraction of sp³-hybridized carbons (Fsp3) is 0.200. The standard InChI is InChI=1S/C20H19FN4/c21-16-8-6-15(7-9-16)20-23-18(14-4-2-1-3-5-14)12-19(24-20)25-11-10-17(22)13-25/h1-9,12,17H,10-11,13,22H2. The molecule has 0 spiro atoms. The molecule has 2 heterocycles. The maximum absolute atomic E-state index is 13.3. The van der Waals surface area contributed by atoms with Crippen molar-refractivity contribution in [3.8, 4) is 22.6 Å². The zero-order valence-electron chi connectivity index (χ0n) is 13.8. The van der Waals surface area contributed by atoms with Crippen LogP contribution in [-0.2, 0) is 0 Å². The van der Waals surface area contributed by atoms with Gasteiger partial charge in [0, 0.05) is 36.3 Å². The second-order valence-corrected chi connectivity index (χ2v) is 6.30. The molecule has 0 amide bonds. The van der Waals surface area contributed by atoms with E-state index in [0.29, 0.717) is 5.82 Å². The maximum atomic E-state index is 13.3. The van der Waals surface area contributed by atoms with E-state index in [1.54, 1.807) is 12.1 Å². The van der Waals surface area contributed by atoms with Crippen LogP contribution < -0.4 is 10.6 Å². The van der Waals surface area contributed by atoms with Gasteiger partial charge in [0.05, 0.1) is 5.69 Å². The predicted octanol–water partition coefficient (Wildman–Crippen LogP) is 3.49. The van der Waals surface area contributed by atoms with Gasteiger partial charge in [-0.1, -0.05) is 30.3 Å². The van der Waals surface area contributed by atoms with Crippen LogP contribution >= 0.6 is 0 Å². The normalized spacial score (nSPS) is 17.0. The van der Waals surface area contributed by atoms with E-state index in [2.05, 4.69) is 4.90 Å². The van der Waals surface area contributed by atoms with Crippen molar-refractivity contribution >= 4 is 5.82 Å². The lowest BCUT2D eigenvalue weighted by molar-refractivity contribution is 0.628. The molecule has 1 fully saturated rings. The van der Waals surface area contributed by atoms with Gasteiger partial charge in [0.2, 0.25) is 0 Å². The van der Waals surface area contributed by atoms with Gasteiger partial charge in [-0.3, -0.25) is 0 Å². The highest BCUT2D eigenvalue weighted by Gasteiger charge is 2.22. The van der Waals surface area contributed by atoms with Crippen molar-refractivity contribution in [2.24, 2.45) is 5.73 Å². The van der Waals surface area contributed by atoms with E-state index < -0.39 is 0 Å². The summed E-state index contributed by atoms with van der Waals surface area (Å²) in [6.45, 7) is 1.67. The van der Waals surface area contributed by atoms with Crippen molar-refractivity contribution in [2.75, 3.05) is 18.0 Å². The van der Waals surface area contributed by atoms with Crippen molar-refractivity contribution in [1.82, 2.24) is 9.97 Å². The Hall–Kier alpha value is -2.79. The van der Waals surface area contributed by atoms with Crippen LogP contribution in [0.5, 0.6) is 0 Å². The molecule has 3 aromatic rings. The highest BCUT2D eigenvalue weighted by molar-refractivity contribution is 5.68. The Morgan fingerprint density at radius 3 is 2.40 bits per heavy atom. The maximum Gasteiger partial charge on any atom is 0.162 e. The minimum Gasteiger partial charge on any atom is -0.355 e. The summed E-state index contributed by atoms with van der Waals surface area (Å²) in [6, 6.07) is 18.4. The Bertz CT molecular complexity index is 865. The molecular weight excluding hydrogens is 315 g/mol. The topological polar surface area (TPSA) is 55.0 Å². The molecule has 1 unspecified atom stereocenters. The first kappa shape index (κ1) is 15.7. The van der Waals surface area contributed by atoms with Crippen molar-refractivity contribution < 1.29 is 4.39 Å². The Labute approximate surface area is 146 Å². The molecule has 25 heavy (non-hydrogen) atoms. The van der Waals surface area contributed by atoms with E-state index >= 15 is 0 Å². The Kier molecular flexibility index (Phi) is 4.15. The van der Waals surface area contributed by atoms with Crippen LogP contribution in [0.15, 0.2) is 60.7 Å². The van der Waals surface area contributed by atoms with Crippen LogP contribution in [0.3, 0.4) is 0 Å². The second kappa shape index (κ2) is 6.61. The Morgan fingerprint density at radius 1 is 0.960 bits per heavy atom. The molecule has 126 valence electrons. The quantitative estimate of drug-likeness (QED) is 0.797. The number of anilines is 1. The summed E-state index contributed by atoms with van der Waals surface area (Å²) in [7, 11) is 0. The Balaban J connectivity index is 1.81. The predicted molar refractivity (Wildman–Crippen MR) is 97.7 cm³/mol. The average molecular weight is 334 g/mol. The second-order valence-electron chi connectivity index (χ2n) is 6.30. The number of nitrogens with zero attached hydrogens (tertiary/aromatic N) is 3. The summed E-state index contributed by atoms with van der Waals surface area (Å²) in [4.78, 5) is 11.6. The zero-order chi connectivity index (χ0) is 17.2. The van der Waals surface area contributed by atoms with E-state index in [1.807, 2.05) is 36.4 Å². The smallest absolute Gasteiger partial charge is 0.162 e. The molecule has 0 radical (unpaired) electrons. The average Bonchev–Trinajstić information content (AvgIpc) is 3.09. The van der Waals surface area contributed by atoms with Gasteiger partial charge in [0.15, 0.2) is 5.82 Å². The summed E-state index contributed by atoms with van der Waals surface area (Å²) in [5, 5.41) is 0. The van der Waals surface area contributed by atoms with Gasteiger partial charge in [0.25, 0.3) is 0 Å². The zero-order valence-corrected chi connectivity index (χ0v) is 13.8. The number of hydrogen-bond acceptors (Lipinski definition) is 4. The summed E-state index contributed by atoms with van der Waals surface area (Å²) in [6.07, 6.45) is 0.955. The van der Waals surface area contributed by atoms with E-state index in [9.17, 15) is 4.39 Å². The molecular formula is C20H19FN4. The summed E-state index contributed by atoms with van der Waals surface area (Å²) >= 11 is 0. The molecule has 4 nitrogen and oxygen atoms in total. The number of halogens is 1. The summed E-state index contributed by atoms with van der Waals surface area (Å²) < 4.78 is 13.3. The van der Waals surface area contributed by atoms with Gasteiger partial charge in [-0.2, -0.15) is 0 Å².